The van der Waals surface area contributed by atoms with Gasteiger partial charge in [-0.3, -0.25) is 4.79 Å². The van der Waals surface area contributed by atoms with Crippen LogP contribution in [0.1, 0.15) is 48.3 Å². The maximum atomic E-state index is 12.4. The highest BCUT2D eigenvalue weighted by atomic mass is 32.1. The molecule has 3 heterocycles. The number of hydrogen-bond donors (Lipinski definition) is 2. The second-order valence-corrected chi connectivity index (χ2v) is 9.85. The first-order valence-electron chi connectivity index (χ1n) is 10.6. The van der Waals surface area contributed by atoms with E-state index in [0.29, 0.717) is 12.4 Å². The minimum Gasteiger partial charge on any atom is -0.384 e. The molecule has 4 rings (SSSR count). The second kappa shape index (κ2) is 9.02. The van der Waals surface area contributed by atoms with E-state index in [9.17, 15) is 4.79 Å². The van der Waals surface area contributed by atoms with Crippen LogP contribution < -0.4 is 10.6 Å². The number of ketones is 1. The number of nitrogens with zero attached hydrogens (tertiary/aromatic N) is 2. The molecule has 0 bridgehead atoms. The van der Waals surface area contributed by atoms with Crippen LogP contribution in [-0.4, -0.2) is 27.3 Å². The minimum absolute atomic E-state index is 0.00441. The van der Waals surface area contributed by atoms with Crippen molar-refractivity contribution < 1.29 is 4.79 Å². The maximum absolute atomic E-state index is 12.4. The predicted molar refractivity (Wildman–Crippen MR) is 127 cm³/mol. The molecule has 2 N–H and O–H groups in total. The van der Waals surface area contributed by atoms with Crippen molar-refractivity contribution in [2.45, 2.75) is 51.1 Å². The van der Waals surface area contributed by atoms with E-state index in [1.54, 1.807) is 17.5 Å². The van der Waals surface area contributed by atoms with E-state index < -0.39 is 0 Å². The van der Waals surface area contributed by atoms with Crippen LogP contribution in [-0.2, 0) is 6.42 Å². The average Bonchev–Trinajstić information content (AvgIpc) is 3.20. The number of carbonyl (C=O) groups excluding carboxylic acids is 1. The largest absolute Gasteiger partial charge is 0.384 e. The summed E-state index contributed by atoms with van der Waals surface area (Å²) in [5, 5.41) is 6.92. The zero-order valence-corrected chi connectivity index (χ0v) is 18.8. The van der Waals surface area contributed by atoms with Gasteiger partial charge < -0.3 is 10.6 Å². The number of hydrogen-bond acceptors (Lipinski definition) is 6. The van der Waals surface area contributed by atoms with E-state index in [1.807, 2.05) is 36.4 Å². The third kappa shape index (κ3) is 5.58. The van der Waals surface area contributed by atoms with Crippen LogP contribution in [0.2, 0.25) is 0 Å². The summed E-state index contributed by atoms with van der Waals surface area (Å²) in [6.45, 7) is 8.46. The quantitative estimate of drug-likeness (QED) is 0.484. The third-order valence-electron chi connectivity index (χ3n) is 5.36. The molecule has 1 aromatic carbocycles. The summed E-state index contributed by atoms with van der Waals surface area (Å²) in [6.07, 6.45) is 4.87. The maximum Gasteiger partial charge on any atom is 0.223 e. The lowest BCUT2D eigenvalue weighted by Gasteiger charge is -2.38. The van der Waals surface area contributed by atoms with E-state index in [1.165, 1.54) is 4.88 Å². The van der Waals surface area contributed by atoms with Crippen molar-refractivity contribution in [3.8, 4) is 10.6 Å². The van der Waals surface area contributed by atoms with Crippen molar-refractivity contribution in [1.82, 2.24) is 15.3 Å². The molecule has 0 amide bonds. The molecule has 0 spiro atoms. The molecule has 1 fully saturated rings. The highest BCUT2D eigenvalue weighted by Crippen LogP contribution is 2.29. The van der Waals surface area contributed by atoms with Gasteiger partial charge in [0.15, 0.2) is 5.78 Å². The molecule has 1 atom stereocenters. The molecule has 1 aliphatic heterocycles. The zero-order valence-electron chi connectivity index (χ0n) is 18.0. The predicted octanol–water partition coefficient (Wildman–Crippen LogP) is 5.48. The normalized spacial score (nSPS) is 17.7. The lowest BCUT2D eigenvalue weighted by Crippen LogP contribution is -2.48. The number of rotatable bonds is 7. The Kier molecular flexibility index (Phi) is 6.18. The summed E-state index contributed by atoms with van der Waals surface area (Å²) in [7, 11) is 0. The molecule has 5 nitrogen and oxygen atoms in total. The van der Waals surface area contributed by atoms with E-state index >= 15 is 0 Å². The highest BCUT2D eigenvalue weighted by molar-refractivity contribution is 7.15. The van der Waals surface area contributed by atoms with E-state index in [2.05, 4.69) is 48.2 Å². The van der Waals surface area contributed by atoms with Gasteiger partial charge in [-0.15, -0.1) is 11.3 Å². The molecule has 3 aromatic rings. The van der Waals surface area contributed by atoms with Crippen LogP contribution in [0.5, 0.6) is 0 Å². The molecule has 0 aliphatic carbocycles. The number of anilines is 1. The Morgan fingerprint density at radius 2 is 2.03 bits per heavy atom. The summed E-state index contributed by atoms with van der Waals surface area (Å²) < 4.78 is 0. The van der Waals surface area contributed by atoms with E-state index in [-0.39, 0.29) is 17.4 Å². The summed E-state index contributed by atoms with van der Waals surface area (Å²) in [6, 6.07) is 15.8. The van der Waals surface area contributed by atoms with Crippen LogP contribution in [0.4, 0.5) is 5.95 Å². The number of aromatic nitrogens is 2. The SMILES string of the molecule is C=C1CC(Nc2nccc(-c3ccc(CCC(=O)c4ccccc4)s3)n2)CC(C)(C)N1. The lowest BCUT2D eigenvalue weighted by molar-refractivity contribution is 0.0983. The smallest absolute Gasteiger partial charge is 0.223 e. The van der Waals surface area contributed by atoms with E-state index in [0.717, 1.165) is 41.1 Å². The van der Waals surface area contributed by atoms with Crippen molar-refractivity contribution >= 4 is 23.1 Å². The third-order valence-corrected chi connectivity index (χ3v) is 6.53. The number of piperidine rings is 1. The number of Topliss-reactive ketones (excluding diaryl/α,β-unsaturated/α-hetero) is 1. The van der Waals surface area contributed by atoms with Crippen LogP contribution in [0.3, 0.4) is 0 Å². The first-order chi connectivity index (χ1) is 14.9. The van der Waals surface area contributed by atoms with Gasteiger partial charge in [0.05, 0.1) is 10.6 Å². The lowest BCUT2D eigenvalue weighted by atomic mass is 9.88. The monoisotopic (exact) mass is 432 g/mol. The Labute approximate surface area is 187 Å². The Bertz CT molecular complexity index is 1070. The van der Waals surface area contributed by atoms with Gasteiger partial charge in [-0.05, 0) is 44.9 Å². The van der Waals surface area contributed by atoms with Gasteiger partial charge in [-0.25, -0.2) is 9.97 Å². The average molecular weight is 433 g/mol. The van der Waals surface area contributed by atoms with E-state index in [4.69, 9.17) is 4.98 Å². The molecule has 0 radical (unpaired) electrons. The van der Waals surface area contributed by atoms with Crippen molar-refractivity contribution in [1.29, 1.82) is 0 Å². The van der Waals surface area contributed by atoms with Crippen LogP contribution >= 0.6 is 11.3 Å². The van der Waals surface area contributed by atoms with Crippen molar-refractivity contribution in [2.75, 3.05) is 5.32 Å². The van der Waals surface area contributed by atoms with Gasteiger partial charge in [0.1, 0.15) is 0 Å². The fourth-order valence-electron chi connectivity index (χ4n) is 4.07. The molecular formula is C25H28N4OS. The molecule has 6 heteroatoms. The fourth-order valence-corrected chi connectivity index (χ4v) is 5.05. The standard InChI is InChI=1S/C25H28N4OS/c1-17-15-19(16-25(2,3)29-17)27-24-26-14-13-21(28-24)23-12-10-20(31-23)9-11-22(30)18-7-5-4-6-8-18/h4-8,10,12-14,19,29H,1,9,11,15-16H2,2-3H3,(H,26,27,28). The molecule has 2 aromatic heterocycles. The summed E-state index contributed by atoms with van der Waals surface area (Å²) in [5.74, 6) is 0.817. The highest BCUT2D eigenvalue weighted by Gasteiger charge is 2.29. The number of nitrogens with one attached hydrogen (secondary N) is 2. The number of carbonyl (C=O) groups is 1. The number of thiophene rings is 1. The molecule has 1 aliphatic rings. The molecule has 1 saturated heterocycles. The Morgan fingerprint density at radius 3 is 2.81 bits per heavy atom. The van der Waals surface area contributed by atoms with Crippen LogP contribution in [0.15, 0.2) is 67.0 Å². The van der Waals surface area contributed by atoms with Gasteiger partial charge in [0.2, 0.25) is 5.95 Å². The first-order valence-corrected chi connectivity index (χ1v) is 11.4. The minimum atomic E-state index is 0.00441. The molecule has 1 unspecified atom stereocenters. The van der Waals surface area contributed by atoms with Crippen molar-refractivity contribution in [3.63, 3.8) is 0 Å². The molecule has 31 heavy (non-hydrogen) atoms. The van der Waals surface area contributed by atoms with Crippen LogP contribution in [0.25, 0.3) is 10.6 Å². The van der Waals surface area contributed by atoms with Gasteiger partial charge >= 0.3 is 0 Å². The zero-order chi connectivity index (χ0) is 21.8. The van der Waals surface area contributed by atoms with Gasteiger partial charge in [-0.2, -0.15) is 0 Å². The van der Waals surface area contributed by atoms with Crippen molar-refractivity contribution in [2.24, 2.45) is 0 Å². The first kappa shape index (κ1) is 21.2. The number of aryl methyl sites for hydroxylation is 1. The summed E-state index contributed by atoms with van der Waals surface area (Å²) in [5.41, 5.74) is 2.72. The van der Waals surface area contributed by atoms with Gasteiger partial charge in [-0.1, -0.05) is 36.9 Å². The topological polar surface area (TPSA) is 66.9 Å². The fraction of sp³-hybridized carbons (Fsp3) is 0.320. The summed E-state index contributed by atoms with van der Waals surface area (Å²) in [4.78, 5) is 23.8. The van der Waals surface area contributed by atoms with Gasteiger partial charge in [0, 0.05) is 46.8 Å². The number of benzene rings is 1. The Morgan fingerprint density at radius 1 is 1.23 bits per heavy atom. The van der Waals surface area contributed by atoms with Gasteiger partial charge in [0.25, 0.3) is 0 Å². The Balaban J connectivity index is 1.40. The van der Waals surface area contributed by atoms with Crippen LogP contribution in [0, 0.1) is 0 Å². The van der Waals surface area contributed by atoms with Crippen molar-refractivity contribution in [3.05, 3.63) is 77.4 Å². The Hall–Kier alpha value is -2.99. The molecular weight excluding hydrogens is 404 g/mol. The molecule has 160 valence electrons. The second-order valence-electron chi connectivity index (χ2n) is 8.68. The molecule has 0 saturated carbocycles. The summed E-state index contributed by atoms with van der Waals surface area (Å²) >= 11 is 1.68.